The van der Waals surface area contributed by atoms with Crippen molar-refractivity contribution in [2.24, 2.45) is 5.73 Å². The van der Waals surface area contributed by atoms with Gasteiger partial charge in [-0.2, -0.15) is 0 Å². The number of aryl methyl sites for hydroxylation is 1. The highest BCUT2D eigenvalue weighted by atomic mass is 35.5. The number of halogens is 2. The van der Waals surface area contributed by atoms with Gasteiger partial charge in [-0.05, 0) is 24.6 Å². The number of aromatic nitrogens is 3. The van der Waals surface area contributed by atoms with Gasteiger partial charge in [-0.3, -0.25) is 4.79 Å². The predicted molar refractivity (Wildman–Crippen MR) is 107 cm³/mol. The Morgan fingerprint density at radius 1 is 1.32 bits per heavy atom. The number of rotatable bonds is 6. The number of thiazole rings is 1. The number of anilines is 1. The van der Waals surface area contributed by atoms with Gasteiger partial charge in [0.1, 0.15) is 16.5 Å². The van der Waals surface area contributed by atoms with Gasteiger partial charge >= 0.3 is 0 Å². The number of nitrogens with one attached hydrogen (secondary N) is 2. The Morgan fingerprint density at radius 2 is 2.12 bits per heavy atom. The molecule has 1 amide bonds. The smallest absolute Gasteiger partial charge is 0.275 e. The maximum Gasteiger partial charge on any atom is 0.275 e. The van der Waals surface area contributed by atoms with Crippen molar-refractivity contribution in [3.63, 3.8) is 0 Å². The van der Waals surface area contributed by atoms with Crippen LogP contribution in [0, 0.1) is 0 Å². The van der Waals surface area contributed by atoms with Crippen LogP contribution in [0.5, 0.6) is 0 Å². The zero-order valence-electron chi connectivity index (χ0n) is 13.7. The summed E-state index contributed by atoms with van der Waals surface area (Å²) in [5, 5.41) is 5.32. The topological polar surface area (TPSA) is 96.7 Å². The van der Waals surface area contributed by atoms with Gasteiger partial charge in [-0.15, -0.1) is 36.2 Å². The third-order valence-electron chi connectivity index (χ3n) is 3.51. The first kappa shape index (κ1) is 21.4. The van der Waals surface area contributed by atoms with E-state index in [2.05, 4.69) is 27.2 Å². The molecule has 3 rings (SSSR count). The maximum atomic E-state index is 12.2. The summed E-state index contributed by atoms with van der Waals surface area (Å²) < 4.78 is 0. The van der Waals surface area contributed by atoms with E-state index < -0.39 is 0 Å². The summed E-state index contributed by atoms with van der Waals surface area (Å²) in [4.78, 5) is 24.2. The van der Waals surface area contributed by atoms with Crippen molar-refractivity contribution >= 4 is 58.8 Å². The molecule has 0 saturated carbocycles. The number of unbranched alkanes of at least 4 members (excludes halogenated alkanes) is 1. The first-order valence-corrected chi connectivity index (χ1v) is 8.52. The Hall–Kier alpha value is -1.67. The molecule has 0 spiro atoms. The van der Waals surface area contributed by atoms with Crippen LogP contribution < -0.4 is 11.1 Å². The normalized spacial score (nSPS) is 10.2. The Kier molecular flexibility index (Phi) is 8.31. The number of fused-ring (bicyclic) bond motifs is 1. The summed E-state index contributed by atoms with van der Waals surface area (Å²) in [6.07, 6.45) is 3.18. The second-order valence-corrected chi connectivity index (χ2v) is 6.25. The largest absolute Gasteiger partial charge is 0.342 e. The van der Waals surface area contributed by atoms with Gasteiger partial charge in [0.25, 0.3) is 5.91 Å². The highest BCUT2D eigenvalue weighted by molar-refractivity contribution is 7.09. The zero-order valence-corrected chi connectivity index (χ0v) is 16.2. The summed E-state index contributed by atoms with van der Waals surface area (Å²) >= 11 is 1.39. The van der Waals surface area contributed by atoms with Crippen molar-refractivity contribution < 1.29 is 4.79 Å². The molecule has 2 heterocycles. The lowest BCUT2D eigenvalue weighted by atomic mass is 10.2. The lowest BCUT2D eigenvalue weighted by molar-refractivity contribution is 0.102. The SMILES string of the molecule is CCCCc1nc2ccc(NC(=O)c3csc(CN)n3)cc2[nH]1.Cl.Cl. The summed E-state index contributed by atoms with van der Waals surface area (Å²) in [6, 6.07) is 5.65. The van der Waals surface area contributed by atoms with E-state index in [-0.39, 0.29) is 30.7 Å². The van der Waals surface area contributed by atoms with E-state index in [0.717, 1.165) is 46.8 Å². The molecule has 0 aliphatic carbocycles. The molecule has 4 N–H and O–H groups in total. The fourth-order valence-electron chi connectivity index (χ4n) is 2.31. The standard InChI is InChI=1S/C16H19N5OS.2ClH/c1-2-3-4-14-19-11-6-5-10(7-12(11)20-14)18-16(22)13-9-23-15(8-17)21-13;;/h5-7,9H,2-4,8,17H2,1H3,(H,18,22)(H,19,20);2*1H. The number of hydrogen-bond donors (Lipinski definition) is 3. The average molecular weight is 402 g/mol. The minimum atomic E-state index is -0.231. The third-order valence-corrected chi connectivity index (χ3v) is 4.39. The number of carbonyl (C=O) groups excluding carboxylic acids is 1. The van der Waals surface area contributed by atoms with Crippen molar-refractivity contribution in [1.29, 1.82) is 0 Å². The fourth-order valence-corrected chi connectivity index (χ4v) is 2.96. The van der Waals surface area contributed by atoms with Crippen LogP contribution in [0.3, 0.4) is 0 Å². The van der Waals surface area contributed by atoms with E-state index in [4.69, 9.17) is 5.73 Å². The average Bonchev–Trinajstić information content (AvgIpc) is 3.18. The summed E-state index contributed by atoms with van der Waals surface area (Å²) in [7, 11) is 0. The molecule has 6 nitrogen and oxygen atoms in total. The van der Waals surface area contributed by atoms with Gasteiger partial charge in [0, 0.05) is 24.0 Å². The van der Waals surface area contributed by atoms with E-state index in [9.17, 15) is 4.79 Å². The van der Waals surface area contributed by atoms with Crippen LogP contribution in [-0.2, 0) is 13.0 Å². The van der Waals surface area contributed by atoms with Crippen LogP contribution in [0.25, 0.3) is 11.0 Å². The van der Waals surface area contributed by atoms with E-state index in [1.807, 2.05) is 18.2 Å². The molecule has 9 heteroatoms. The summed E-state index contributed by atoms with van der Waals surface area (Å²) in [6.45, 7) is 2.50. The minimum Gasteiger partial charge on any atom is -0.342 e. The number of carbonyl (C=O) groups is 1. The van der Waals surface area contributed by atoms with Crippen molar-refractivity contribution in [3.8, 4) is 0 Å². The van der Waals surface area contributed by atoms with Gasteiger partial charge in [0.05, 0.1) is 11.0 Å². The van der Waals surface area contributed by atoms with Crippen molar-refractivity contribution in [3.05, 3.63) is 40.1 Å². The summed E-state index contributed by atoms with van der Waals surface area (Å²) in [5.41, 5.74) is 8.47. The van der Waals surface area contributed by atoms with Crippen molar-refractivity contribution in [2.75, 3.05) is 5.32 Å². The fraction of sp³-hybridized carbons (Fsp3) is 0.312. The third kappa shape index (κ3) is 5.15. The van der Waals surface area contributed by atoms with Crippen LogP contribution in [-0.4, -0.2) is 20.9 Å². The molecule has 3 aromatic rings. The van der Waals surface area contributed by atoms with E-state index >= 15 is 0 Å². The summed E-state index contributed by atoms with van der Waals surface area (Å²) in [5.74, 6) is 0.753. The van der Waals surface area contributed by atoms with Crippen LogP contribution in [0.15, 0.2) is 23.6 Å². The first-order chi connectivity index (χ1) is 11.2. The number of hydrogen-bond acceptors (Lipinski definition) is 5. The number of amides is 1. The molecule has 0 atom stereocenters. The zero-order chi connectivity index (χ0) is 16.2. The Balaban J connectivity index is 0.00000156. The second kappa shape index (κ2) is 9.72. The Labute approximate surface area is 162 Å². The number of benzene rings is 1. The first-order valence-electron chi connectivity index (χ1n) is 7.64. The maximum absolute atomic E-state index is 12.2. The molecule has 2 aromatic heterocycles. The van der Waals surface area contributed by atoms with Gasteiger partial charge in [0.2, 0.25) is 0 Å². The molecule has 1 aromatic carbocycles. The Morgan fingerprint density at radius 3 is 2.80 bits per heavy atom. The number of imidazole rings is 1. The molecule has 0 saturated heterocycles. The van der Waals surface area contributed by atoms with E-state index in [1.54, 1.807) is 5.38 Å². The lowest BCUT2D eigenvalue weighted by Gasteiger charge is -2.02. The Bertz CT molecular complexity index is 833. The molecule has 136 valence electrons. The van der Waals surface area contributed by atoms with Gasteiger partial charge in [-0.25, -0.2) is 9.97 Å². The molecule has 0 radical (unpaired) electrons. The quantitative estimate of drug-likeness (QED) is 0.582. The molecular weight excluding hydrogens is 381 g/mol. The van der Waals surface area contributed by atoms with Crippen molar-refractivity contribution in [2.45, 2.75) is 32.7 Å². The molecular formula is C16H21Cl2N5OS. The number of H-pyrrole nitrogens is 1. The van der Waals surface area contributed by atoms with Gasteiger partial charge in [-0.1, -0.05) is 13.3 Å². The molecule has 0 unspecified atom stereocenters. The lowest BCUT2D eigenvalue weighted by Crippen LogP contribution is -2.12. The number of aromatic amines is 1. The van der Waals surface area contributed by atoms with Gasteiger partial charge < -0.3 is 16.0 Å². The van der Waals surface area contributed by atoms with Gasteiger partial charge in [0.15, 0.2) is 0 Å². The van der Waals surface area contributed by atoms with Crippen LogP contribution >= 0.6 is 36.2 Å². The monoisotopic (exact) mass is 401 g/mol. The van der Waals surface area contributed by atoms with E-state index in [0.29, 0.717) is 12.2 Å². The minimum absolute atomic E-state index is 0. The van der Waals surface area contributed by atoms with Crippen molar-refractivity contribution in [1.82, 2.24) is 15.0 Å². The second-order valence-electron chi connectivity index (χ2n) is 5.30. The van der Waals surface area contributed by atoms with Crippen LogP contribution in [0.2, 0.25) is 0 Å². The molecule has 0 bridgehead atoms. The highest BCUT2D eigenvalue weighted by Gasteiger charge is 2.11. The number of nitrogens with zero attached hydrogens (tertiary/aromatic N) is 2. The molecule has 0 fully saturated rings. The predicted octanol–water partition coefficient (Wildman–Crippen LogP) is 3.92. The molecule has 25 heavy (non-hydrogen) atoms. The molecule has 0 aliphatic rings. The van der Waals surface area contributed by atoms with Crippen LogP contribution in [0.1, 0.15) is 41.1 Å². The highest BCUT2D eigenvalue weighted by Crippen LogP contribution is 2.19. The van der Waals surface area contributed by atoms with E-state index in [1.165, 1.54) is 11.3 Å². The number of nitrogens with two attached hydrogens (primary N) is 1. The van der Waals surface area contributed by atoms with Crippen LogP contribution in [0.4, 0.5) is 5.69 Å². The molecule has 0 aliphatic heterocycles.